The lowest BCUT2D eigenvalue weighted by Gasteiger charge is -2.30. The van der Waals surface area contributed by atoms with E-state index in [1.165, 1.54) is 24.3 Å². The number of halogens is 1. The van der Waals surface area contributed by atoms with Crippen molar-refractivity contribution in [3.05, 3.63) is 66.0 Å². The molecule has 1 atom stereocenters. The van der Waals surface area contributed by atoms with Crippen LogP contribution in [0.2, 0.25) is 0 Å². The third-order valence-corrected chi connectivity index (χ3v) is 7.53. The first kappa shape index (κ1) is 26.7. The minimum absolute atomic E-state index is 0.0675. The molecule has 0 radical (unpaired) electrons. The van der Waals surface area contributed by atoms with Crippen LogP contribution in [0.25, 0.3) is 0 Å². The van der Waals surface area contributed by atoms with E-state index in [1.54, 1.807) is 11.8 Å². The zero-order valence-electron chi connectivity index (χ0n) is 20.3. The van der Waals surface area contributed by atoms with Crippen molar-refractivity contribution in [2.75, 3.05) is 17.1 Å². The first-order chi connectivity index (χ1) is 16.6. The number of carbonyl (C=O) groups is 2. The number of sulfonamides is 1. The summed E-state index contributed by atoms with van der Waals surface area (Å²) in [5.41, 5.74) is 1.25. The van der Waals surface area contributed by atoms with Crippen molar-refractivity contribution >= 4 is 27.5 Å². The third kappa shape index (κ3) is 7.78. The molecular weight excluding hydrogens is 469 g/mol. The monoisotopic (exact) mass is 503 g/mol. The highest BCUT2D eigenvalue weighted by molar-refractivity contribution is 7.92. The minimum Gasteiger partial charge on any atom is -0.352 e. The van der Waals surface area contributed by atoms with E-state index in [0.717, 1.165) is 41.8 Å². The Morgan fingerprint density at radius 1 is 1.06 bits per heavy atom. The second-order valence-corrected chi connectivity index (χ2v) is 11.0. The van der Waals surface area contributed by atoms with Crippen molar-refractivity contribution in [3.63, 3.8) is 0 Å². The van der Waals surface area contributed by atoms with Gasteiger partial charge in [-0.15, -0.1) is 0 Å². The van der Waals surface area contributed by atoms with E-state index in [1.807, 2.05) is 30.3 Å². The Morgan fingerprint density at radius 2 is 1.69 bits per heavy atom. The Bertz CT molecular complexity index is 1090. The van der Waals surface area contributed by atoms with E-state index < -0.39 is 21.9 Å². The Kier molecular flexibility index (Phi) is 9.26. The fourth-order valence-corrected chi connectivity index (χ4v) is 5.33. The summed E-state index contributed by atoms with van der Waals surface area (Å²) in [5.74, 6) is -0.862. The average Bonchev–Trinajstić information content (AvgIpc) is 3.33. The van der Waals surface area contributed by atoms with Crippen LogP contribution >= 0.6 is 0 Å². The normalized spacial score (nSPS) is 14.9. The fourth-order valence-electron chi connectivity index (χ4n) is 4.37. The van der Waals surface area contributed by atoms with Gasteiger partial charge in [-0.1, -0.05) is 43.2 Å². The molecule has 0 saturated heterocycles. The zero-order valence-corrected chi connectivity index (χ0v) is 21.1. The van der Waals surface area contributed by atoms with Crippen LogP contribution in [0.15, 0.2) is 54.6 Å². The quantitative estimate of drug-likeness (QED) is 0.505. The fraction of sp³-hybridized carbons (Fsp3) is 0.462. The molecule has 2 aromatic rings. The van der Waals surface area contributed by atoms with Gasteiger partial charge >= 0.3 is 0 Å². The van der Waals surface area contributed by atoms with Gasteiger partial charge in [0.05, 0.1) is 11.9 Å². The van der Waals surface area contributed by atoms with Crippen molar-refractivity contribution < 1.29 is 22.4 Å². The van der Waals surface area contributed by atoms with Crippen molar-refractivity contribution in [2.24, 2.45) is 0 Å². The largest absolute Gasteiger partial charge is 0.352 e. The van der Waals surface area contributed by atoms with Crippen LogP contribution in [-0.2, 0) is 26.2 Å². The molecule has 0 aliphatic heterocycles. The second-order valence-electron chi connectivity index (χ2n) is 9.09. The van der Waals surface area contributed by atoms with Crippen LogP contribution in [0.1, 0.15) is 51.0 Å². The SMILES string of the molecule is CC(C(=O)NC1CCCC1)N(Cc1ccccc1)C(=O)CCCN(c1ccc(F)cc1)S(C)(=O)=O. The van der Waals surface area contributed by atoms with Crippen LogP contribution in [0.3, 0.4) is 0 Å². The van der Waals surface area contributed by atoms with Gasteiger partial charge in [0, 0.05) is 25.6 Å². The van der Waals surface area contributed by atoms with E-state index >= 15 is 0 Å². The number of hydrogen-bond acceptors (Lipinski definition) is 4. The smallest absolute Gasteiger partial charge is 0.242 e. The maximum atomic E-state index is 13.3. The van der Waals surface area contributed by atoms with Crippen molar-refractivity contribution in [2.45, 2.75) is 64.1 Å². The molecule has 1 N–H and O–H groups in total. The number of nitrogens with zero attached hydrogens (tertiary/aromatic N) is 2. The molecule has 35 heavy (non-hydrogen) atoms. The van der Waals surface area contributed by atoms with Gasteiger partial charge in [0.2, 0.25) is 21.8 Å². The molecule has 0 aromatic heterocycles. The number of amides is 2. The molecule has 0 bridgehead atoms. The highest BCUT2D eigenvalue weighted by atomic mass is 32.2. The first-order valence-corrected chi connectivity index (χ1v) is 13.9. The van der Waals surface area contributed by atoms with Gasteiger partial charge in [-0.3, -0.25) is 13.9 Å². The summed E-state index contributed by atoms with van der Waals surface area (Å²) < 4.78 is 39.1. The van der Waals surface area contributed by atoms with Gasteiger partial charge in [0.25, 0.3) is 0 Å². The lowest BCUT2D eigenvalue weighted by molar-refractivity contribution is -0.141. The Labute approximate surface area is 207 Å². The standard InChI is InChI=1S/C26H34FN3O4S/c1-20(26(32)28-23-11-6-7-12-23)29(19-21-9-4-3-5-10-21)25(31)13-8-18-30(35(2,33)34)24-16-14-22(27)15-17-24/h3-5,9-10,14-17,20,23H,6-8,11-13,18-19H2,1-2H3,(H,28,32). The molecule has 9 heteroatoms. The lowest BCUT2D eigenvalue weighted by Crippen LogP contribution is -2.49. The summed E-state index contributed by atoms with van der Waals surface area (Å²) in [6.45, 7) is 2.08. The average molecular weight is 504 g/mol. The summed E-state index contributed by atoms with van der Waals surface area (Å²) in [7, 11) is -3.62. The lowest BCUT2D eigenvalue weighted by atomic mass is 10.1. The summed E-state index contributed by atoms with van der Waals surface area (Å²) in [5, 5.41) is 3.07. The molecule has 1 aliphatic carbocycles. The van der Waals surface area contributed by atoms with E-state index in [2.05, 4.69) is 5.32 Å². The van der Waals surface area contributed by atoms with Crippen LogP contribution in [0, 0.1) is 5.82 Å². The molecule has 7 nitrogen and oxygen atoms in total. The van der Waals surface area contributed by atoms with E-state index in [-0.39, 0.29) is 43.8 Å². The van der Waals surface area contributed by atoms with Gasteiger partial charge < -0.3 is 10.2 Å². The third-order valence-electron chi connectivity index (χ3n) is 6.33. The molecule has 3 rings (SSSR count). The van der Waals surface area contributed by atoms with E-state index in [4.69, 9.17) is 0 Å². The van der Waals surface area contributed by atoms with E-state index in [9.17, 15) is 22.4 Å². The molecule has 1 aliphatic rings. The Hall–Kier alpha value is -2.94. The van der Waals surface area contributed by atoms with Crippen LogP contribution in [-0.4, -0.2) is 50.0 Å². The van der Waals surface area contributed by atoms with Crippen molar-refractivity contribution in [3.8, 4) is 0 Å². The van der Waals surface area contributed by atoms with E-state index in [0.29, 0.717) is 5.69 Å². The molecule has 1 unspecified atom stereocenters. The number of nitrogens with one attached hydrogen (secondary N) is 1. The second kappa shape index (κ2) is 12.2. The first-order valence-electron chi connectivity index (χ1n) is 12.0. The summed E-state index contributed by atoms with van der Waals surface area (Å²) in [6, 6.07) is 14.1. The number of hydrogen-bond donors (Lipinski definition) is 1. The minimum atomic E-state index is -3.62. The maximum absolute atomic E-state index is 13.3. The van der Waals surface area contributed by atoms with Crippen molar-refractivity contribution in [1.82, 2.24) is 10.2 Å². The Morgan fingerprint density at radius 3 is 2.29 bits per heavy atom. The van der Waals surface area contributed by atoms with Gasteiger partial charge in [-0.2, -0.15) is 0 Å². The van der Waals surface area contributed by atoms with Gasteiger partial charge in [-0.05, 0) is 56.0 Å². The highest BCUT2D eigenvalue weighted by Crippen LogP contribution is 2.21. The predicted octanol–water partition coefficient (Wildman–Crippen LogP) is 3.85. The molecule has 0 heterocycles. The van der Waals surface area contributed by atoms with Gasteiger partial charge in [0.15, 0.2) is 0 Å². The number of benzene rings is 2. The van der Waals surface area contributed by atoms with Crippen LogP contribution in [0.5, 0.6) is 0 Å². The molecule has 190 valence electrons. The Balaban J connectivity index is 1.68. The van der Waals surface area contributed by atoms with Gasteiger partial charge in [-0.25, -0.2) is 12.8 Å². The number of rotatable bonds is 11. The predicted molar refractivity (Wildman–Crippen MR) is 135 cm³/mol. The summed E-state index contributed by atoms with van der Waals surface area (Å²) in [6.07, 6.45) is 5.50. The zero-order chi connectivity index (χ0) is 25.4. The summed E-state index contributed by atoms with van der Waals surface area (Å²) >= 11 is 0. The van der Waals surface area contributed by atoms with Crippen LogP contribution in [0.4, 0.5) is 10.1 Å². The summed E-state index contributed by atoms with van der Waals surface area (Å²) in [4.78, 5) is 27.8. The van der Waals surface area contributed by atoms with Crippen molar-refractivity contribution in [1.29, 1.82) is 0 Å². The topological polar surface area (TPSA) is 86.8 Å². The van der Waals surface area contributed by atoms with Crippen LogP contribution < -0.4 is 9.62 Å². The molecule has 0 spiro atoms. The highest BCUT2D eigenvalue weighted by Gasteiger charge is 2.28. The number of carbonyl (C=O) groups excluding carboxylic acids is 2. The molecule has 2 amide bonds. The molecule has 1 saturated carbocycles. The molecule has 1 fully saturated rings. The number of anilines is 1. The van der Waals surface area contributed by atoms with Gasteiger partial charge in [0.1, 0.15) is 11.9 Å². The molecule has 2 aromatic carbocycles. The maximum Gasteiger partial charge on any atom is 0.242 e. The molecular formula is C26H34FN3O4S.